The van der Waals surface area contributed by atoms with Gasteiger partial charge in [-0.3, -0.25) is 9.78 Å². The van der Waals surface area contributed by atoms with Crippen LogP contribution in [0.3, 0.4) is 0 Å². The predicted molar refractivity (Wildman–Crippen MR) is 93.6 cm³/mol. The van der Waals surface area contributed by atoms with Gasteiger partial charge < -0.3 is 5.32 Å². The molecule has 23 heavy (non-hydrogen) atoms. The highest BCUT2D eigenvalue weighted by Crippen LogP contribution is 2.22. The summed E-state index contributed by atoms with van der Waals surface area (Å²) in [6.07, 6.45) is 2.00. The average Bonchev–Trinajstić information content (AvgIpc) is 3.00. The number of rotatable bonds is 4. The van der Waals surface area contributed by atoms with Crippen LogP contribution in [0.4, 0.5) is 5.69 Å². The van der Waals surface area contributed by atoms with E-state index in [1.165, 1.54) is 11.3 Å². The summed E-state index contributed by atoms with van der Waals surface area (Å²) < 4.78 is 0. The summed E-state index contributed by atoms with van der Waals surface area (Å²) in [5.74, 6) is -0.0587. The van der Waals surface area contributed by atoms with Crippen molar-refractivity contribution in [3.63, 3.8) is 0 Å². The summed E-state index contributed by atoms with van der Waals surface area (Å²) in [6.45, 7) is 3.99. The quantitative estimate of drug-likeness (QED) is 0.789. The van der Waals surface area contributed by atoms with Gasteiger partial charge in [0.05, 0.1) is 17.8 Å². The summed E-state index contributed by atoms with van der Waals surface area (Å²) in [5.41, 5.74) is 4.63. The Hall–Kier alpha value is -2.53. The third kappa shape index (κ3) is 3.81. The van der Waals surface area contributed by atoms with E-state index in [0.29, 0.717) is 0 Å². The molecule has 0 saturated heterocycles. The number of benzene rings is 1. The predicted octanol–water partition coefficient (Wildman–Crippen LogP) is 4.00. The van der Waals surface area contributed by atoms with Crippen molar-refractivity contribution in [2.75, 3.05) is 5.32 Å². The summed E-state index contributed by atoms with van der Waals surface area (Å²) >= 11 is 1.50. The number of nitrogens with zero attached hydrogens (tertiary/aromatic N) is 2. The molecule has 0 atom stereocenters. The number of aromatic nitrogens is 2. The number of carbonyl (C=O) groups is 1. The van der Waals surface area contributed by atoms with E-state index in [9.17, 15) is 4.79 Å². The molecule has 1 N–H and O–H groups in total. The first-order chi connectivity index (χ1) is 11.1. The first-order valence-electron chi connectivity index (χ1n) is 7.35. The number of carbonyl (C=O) groups excluding carboxylic acids is 1. The van der Waals surface area contributed by atoms with Gasteiger partial charge >= 0.3 is 0 Å². The van der Waals surface area contributed by atoms with Gasteiger partial charge in [0.1, 0.15) is 5.01 Å². The number of nitrogens with one attached hydrogen (secondary N) is 1. The van der Waals surface area contributed by atoms with Crippen molar-refractivity contribution in [3.05, 3.63) is 64.8 Å². The number of amides is 1. The van der Waals surface area contributed by atoms with Crippen LogP contribution in [0.1, 0.15) is 16.8 Å². The molecule has 0 aliphatic rings. The average molecular weight is 323 g/mol. The van der Waals surface area contributed by atoms with Gasteiger partial charge in [-0.25, -0.2) is 4.98 Å². The molecule has 0 spiro atoms. The van der Waals surface area contributed by atoms with E-state index in [2.05, 4.69) is 15.3 Å². The zero-order valence-corrected chi connectivity index (χ0v) is 13.9. The molecule has 4 nitrogen and oxygen atoms in total. The van der Waals surface area contributed by atoms with Crippen LogP contribution in [-0.2, 0) is 11.2 Å². The van der Waals surface area contributed by atoms with Gasteiger partial charge in [0.25, 0.3) is 0 Å². The third-order valence-corrected chi connectivity index (χ3v) is 4.36. The van der Waals surface area contributed by atoms with Gasteiger partial charge in [0.2, 0.25) is 5.91 Å². The number of pyridine rings is 1. The smallest absolute Gasteiger partial charge is 0.230 e. The van der Waals surface area contributed by atoms with Crippen LogP contribution in [0.2, 0.25) is 0 Å². The fraction of sp³-hybridized carbons (Fsp3) is 0.167. The Balaban J connectivity index is 1.69. The number of hydrogen-bond donors (Lipinski definition) is 1. The van der Waals surface area contributed by atoms with Crippen molar-refractivity contribution < 1.29 is 4.79 Å². The molecule has 0 bridgehead atoms. The zero-order valence-electron chi connectivity index (χ0n) is 13.0. The maximum absolute atomic E-state index is 12.2. The molecule has 3 rings (SSSR count). The highest BCUT2D eigenvalue weighted by molar-refractivity contribution is 7.13. The molecule has 0 unspecified atom stereocenters. The molecule has 3 aromatic rings. The summed E-state index contributed by atoms with van der Waals surface area (Å²) in [4.78, 5) is 21.0. The molecular formula is C18H17N3OS. The molecule has 5 heteroatoms. The van der Waals surface area contributed by atoms with Gasteiger partial charge in [-0.05, 0) is 43.2 Å². The molecule has 0 saturated carbocycles. The highest BCUT2D eigenvalue weighted by Gasteiger charge is 2.11. The zero-order chi connectivity index (χ0) is 16.2. The molecule has 2 aromatic heterocycles. The number of hydrogen-bond acceptors (Lipinski definition) is 4. The molecule has 1 amide bonds. The molecular weight excluding hydrogens is 306 g/mol. The first-order valence-corrected chi connectivity index (χ1v) is 8.23. The van der Waals surface area contributed by atoms with Crippen molar-refractivity contribution in [1.29, 1.82) is 0 Å². The van der Waals surface area contributed by atoms with Gasteiger partial charge in [-0.1, -0.05) is 18.2 Å². The van der Waals surface area contributed by atoms with E-state index in [4.69, 9.17) is 0 Å². The Kier molecular flexibility index (Phi) is 4.48. The highest BCUT2D eigenvalue weighted by atomic mass is 32.1. The second-order valence-corrected chi connectivity index (χ2v) is 6.26. The lowest BCUT2D eigenvalue weighted by atomic mass is 10.1. The normalized spacial score (nSPS) is 10.5. The van der Waals surface area contributed by atoms with Crippen molar-refractivity contribution >= 4 is 22.9 Å². The van der Waals surface area contributed by atoms with Crippen molar-refractivity contribution in [2.45, 2.75) is 20.3 Å². The largest absolute Gasteiger partial charge is 0.325 e. The standard InChI is InChI=1S/C18H17N3OS/c1-12-6-7-13(2)16(9-12)21-17(22)10-14-11-23-18(20-14)15-5-3-4-8-19-15/h3-9,11H,10H2,1-2H3,(H,21,22). The van der Waals surface area contributed by atoms with Gasteiger partial charge in [0, 0.05) is 17.3 Å². The maximum atomic E-state index is 12.2. The van der Waals surface area contributed by atoms with Crippen molar-refractivity contribution in [1.82, 2.24) is 9.97 Å². The minimum absolute atomic E-state index is 0.0587. The van der Waals surface area contributed by atoms with E-state index in [1.807, 2.05) is 55.6 Å². The van der Waals surface area contributed by atoms with E-state index < -0.39 is 0 Å². The minimum atomic E-state index is -0.0587. The lowest BCUT2D eigenvalue weighted by Crippen LogP contribution is -2.15. The van der Waals surface area contributed by atoms with Gasteiger partial charge in [-0.2, -0.15) is 0 Å². The van der Waals surface area contributed by atoms with Crippen LogP contribution in [0.5, 0.6) is 0 Å². The monoisotopic (exact) mass is 323 g/mol. The van der Waals surface area contributed by atoms with Gasteiger partial charge in [-0.15, -0.1) is 11.3 Å². The molecule has 116 valence electrons. The van der Waals surface area contributed by atoms with Crippen LogP contribution in [0.15, 0.2) is 48.0 Å². The Morgan fingerprint density at radius 3 is 2.87 bits per heavy atom. The molecule has 0 aliphatic carbocycles. The second kappa shape index (κ2) is 6.71. The van der Waals surface area contributed by atoms with Crippen LogP contribution in [-0.4, -0.2) is 15.9 Å². The van der Waals surface area contributed by atoms with Crippen molar-refractivity contribution in [2.24, 2.45) is 0 Å². The number of anilines is 1. The maximum Gasteiger partial charge on any atom is 0.230 e. The van der Waals surface area contributed by atoms with Crippen LogP contribution < -0.4 is 5.32 Å². The Morgan fingerprint density at radius 1 is 1.22 bits per heavy atom. The summed E-state index contributed by atoms with van der Waals surface area (Å²) in [5, 5.41) is 5.70. The van der Waals surface area contributed by atoms with Crippen LogP contribution in [0, 0.1) is 13.8 Å². The Labute approximate surface area is 139 Å². The molecule has 2 heterocycles. The number of thiazole rings is 1. The topological polar surface area (TPSA) is 54.9 Å². The fourth-order valence-electron chi connectivity index (χ4n) is 2.22. The van der Waals surface area contributed by atoms with E-state index in [1.54, 1.807) is 6.20 Å². The van der Waals surface area contributed by atoms with Crippen molar-refractivity contribution in [3.8, 4) is 10.7 Å². The van der Waals surface area contributed by atoms with E-state index >= 15 is 0 Å². The minimum Gasteiger partial charge on any atom is -0.325 e. The SMILES string of the molecule is Cc1ccc(C)c(NC(=O)Cc2csc(-c3ccccn3)n2)c1. The first kappa shape index (κ1) is 15.4. The fourth-order valence-corrected chi connectivity index (χ4v) is 3.02. The Morgan fingerprint density at radius 2 is 2.09 bits per heavy atom. The lowest BCUT2D eigenvalue weighted by molar-refractivity contribution is -0.115. The van der Waals surface area contributed by atoms with E-state index in [0.717, 1.165) is 33.2 Å². The molecule has 1 aromatic carbocycles. The summed E-state index contributed by atoms with van der Waals surface area (Å²) in [6, 6.07) is 11.7. The Bertz CT molecular complexity index is 827. The summed E-state index contributed by atoms with van der Waals surface area (Å²) in [7, 11) is 0. The van der Waals surface area contributed by atoms with E-state index in [-0.39, 0.29) is 12.3 Å². The molecule has 0 radical (unpaired) electrons. The lowest BCUT2D eigenvalue weighted by Gasteiger charge is -2.08. The van der Waals surface area contributed by atoms with Crippen LogP contribution >= 0.6 is 11.3 Å². The van der Waals surface area contributed by atoms with Crippen LogP contribution in [0.25, 0.3) is 10.7 Å². The molecule has 0 aliphatic heterocycles. The second-order valence-electron chi connectivity index (χ2n) is 5.40. The third-order valence-electron chi connectivity index (χ3n) is 3.44. The molecule has 0 fully saturated rings. The van der Waals surface area contributed by atoms with Gasteiger partial charge in [0.15, 0.2) is 0 Å². The number of aryl methyl sites for hydroxylation is 2.